The molecule has 1 amide bonds. The van der Waals surface area contributed by atoms with Crippen LogP contribution in [-0.2, 0) is 20.8 Å². The van der Waals surface area contributed by atoms with E-state index in [1.54, 1.807) is 18.4 Å². The van der Waals surface area contributed by atoms with Crippen LogP contribution in [0.5, 0.6) is 0 Å². The molecule has 1 N–H and O–H groups in total. The van der Waals surface area contributed by atoms with Gasteiger partial charge in [0.15, 0.2) is 0 Å². The molecule has 0 radical (unpaired) electrons. The van der Waals surface area contributed by atoms with Crippen molar-refractivity contribution < 1.29 is 14.3 Å². The Hall–Kier alpha value is -0.950. The second kappa shape index (κ2) is 7.55. The minimum atomic E-state index is 0.137. The van der Waals surface area contributed by atoms with Crippen LogP contribution in [-0.4, -0.2) is 56.9 Å². The van der Waals surface area contributed by atoms with Gasteiger partial charge in [0.2, 0.25) is 5.91 Å². The molecule has 2 saturated heterocycles. The van der Waals surface area contributed by atoms with Gasteiger partial charge in [0, 0.05) is 44.0 Å². The van der Waals surface area contributed by atoms with Crippen molar-refractivity contribution in [2.45, 2.75) is 19.1 Å². The van der Waals surface area contributed by atoms with Gasteiger partial charge in [-0.25, -0.2) is 0 Å². The van der Waals surface area contributed by atoms with Crippen molar-refractivity contribution in [1.29, 1.82) is 0 Å². The summed E-state index contributed by atoms with van der Waals surface area (Å²) in [4.78, 5) is 15.7. The maximum absolute atomic E-state index is 12.1. The Labute approximate surface area is 135 Å². The molecule has 2 aliphatic heterocycles. The van der Waals surface area contributed by atoms with Gasteiger partial charge in [0.25, 0.3) is 0 Å². The van der Waals surface area contributed by atoms with Crippen molar-refractivity contribution in [3.8, 4) is 0 Å². The third kappa shape index (κ3) is 3.87. The average molecular weight is 324 g/mol. The standard InChI is InChI=1S/C16H24N2O3S/c1-20-5-4-18-9-14-12(11-21-15(14)10-18)7-16(19)17-8-13-3-2-6-22-13/h2-3,6,12,14-15H,4-5,7-11H2,1H3,(H,17,19)/t12-,14+,15+/m0/s1. The molecule has 122 valence electrons. The van der Waals surface area contributed by atoms with E-state index in [-0.39, 0.29) is 5.91 Å². The first-order valence-electron chi connectivity index (χ1n) is 7.88. The molecule has 5 nitrogen and oxygen atoms in total. The van der Waals surface area contributed by atoms with E-state index in [0.717, 1.165) is 32.8 Å². The Morgan fingerprint density at radius 2 is 2.45 bits per heavy atom. The maximum atomic E-state index is 12.1. The summed E-state index contributed by atoms with van der Waals surface area (Å²) in [6.07, 6.45) is 0.872. The molecule has 2 aliphatic rings. The van der Waals surface area contributed by atoms with E-state index in [0.29, 0.717) is 30.9 Å². The minimum Gasteiger partial charge on any atom is -0.383 e. The van der Waals surface area contributed by atoms with Crippen LogP contribution in [0.25, 0.3) is 0 Å². The lowest BCUT2D eigenvalue weighted by Gasteiger charge is -2.19. The summed E-state index contributed by atoms with van der Waals surface area (Å²) >= 11 is 1.67. The van der Waals surface area contributed by atoms with Crippen LogP contribution in [0.15, 0.2) is 17.5 Å². The Kier molecular flexibility index (Phi) is 5.46. The lowest BCUT2D eigenvalue weighted by atomic mass is 9.90. The van der Waals surface area contributed by atoms with Crippen LogP contribution in [0.2, 0.25) is 0 Å². The van der Waals surface area contributed by atoms with Crippen LogP contribution in [0.4, 0.5) is 0 Å². The normalized spacial score (nSPS) is 28.0. The second-order valence-corrected chi connectivity index (χ2v) is 7.14. The van der Waals surface area contributed by atoms with E-state index < -0.39 is 0 Å². The number of likely N-dealkylation sites (tertiary alicyclic amines) is 1. The third-order valence-corrected chi connectivity index (χ3v) is 5.49. The number of carbonyl (C=O) groups excluding carboxylic acids is 1. The third-order valence-electron chi connectivity index (χ3n) is 4.61. The number of carbonyl (C=O) groups is 1. The smallest absolute Gasteiger partial charge is 0.220 e. The molecular weight excluding hydrogens is 300 g/mol. The van der Waals surface area contributed by atoms with Gasteiger partial charge >= 0.3 is 0 Å². The Morgan fingerprint density at radius 3 is 3.23 bits per heavy atom. The van der Waals surface area contributed by atoms with Crippen molar-refractivity contribution in [2.24, 2.45) is 11.8 Å². The maximum Gasteiger partial charge on any atom is 0.220 e. The number of amides is 1. The highest BCUT2D eigenvalue weighted by molar-refractivity contribution is 7.09. The van der Waals surface area contributed by atoms with Gasteiger partial charge < -0.3 is 14.8 Å². The molecule has 1 aromatic heterocycles. The first-order valence-corrected chi connectivity index (χ1v) is 8.76. The molecule has 3 heterocycles. The lowest BCUT2D eigenvalue weighted by molar-refractivity contribution is -0.122. The van der Waals surface area contributed by atoms with Gasteiger partial charge in [0.1, 0.15) is 0 Å². The Morgan fingerprint density at radius 1 is 1.55 bits per heavy atom. The molecule has 1 aromatic rings. The van der Waals surface area contributed by atoms with Crippen molar-refractivity contribution in [1.82, 2.24) is 10.2 Å². The van der Waals surface area contributed by atoms with E-state index in [1.165, 1.54) is 4.88 Å². The number of hydrogen-bond acceptors (Lipinski definition) is 5. The summed E-state index contributed by atoms with van der Waals surface area (Å²) in [7, 11) is 1.73. The fourth-order valence-electron chi connectivity index (χ4n) is 3.40. The van der Waals surface area contributed by atoms with Gasteiger partial charge in [-0.3, -0.25) is 9.69 Å². The summed E-state index contributed by atoms with van der Waals surface area (Å²) < 4.78 is 11.0. The van der Waals surface area contributed by atoms with E-state index in [4.69, 9.17) is 9.47 Å². The fourth-order valence-corrected chi connectivity index (χ4v) is 4.05. The summed E-state index contributed by atoms with van der Waals surface area (Å²) in [5, 5.41) is 5.05. The Balaban J connectivity index is 1.43. The number of methoxy groups -OCH3 is 1. The van der Waals surface area contributed by atoms with Gasteiger partial charge in [-0.05, 0) is 17.4 Å². The van der Waals surface area contributed by atoms with Gasteiger partial charge in [-0.1, -0.05) is 6.07 Å². The SMILES string of the molecule is COCCN1C[C@@H]2[C@@H](CC(=O)NCc3cccs3)CO[C@@H]2C1. The minimum absolute atomic E-state index is 0.137. The largest absolute Gasteiger partial charge is 0.383 e. The molecule has 0 bridgehead atoms. The van der Waals surface area contributed by atoms with Crippen LogP contribution in [0.1, 0.15) is 11.3 Å². The molecule has 3 atom stereocenters. The monoisotopic (exact) mass is 324 g/mol. The molecule has 0 aliphatic carbocycles. The van der Waals surface area contributed by atoms with Gasteiger partial charge in [-0.2, -0.15) is 0 Å². The number of ether oxygens (including phenoxy) is 2. The van der Waals surface area contributed by atoms with Crippen molar-refractivity contribution in [3.05, 3.63) is 22.4 Å². The fraction of sp³-hybridized carbons (Fsp3) is 0.688. The number of rotatable bonds is 7. The number of thiophene rings is 1. The predicted molar refractivity (Wildman–Crippen MR) is 85.8 cm³/mol. The van der Waals surface area contributed by atoms with Crippen molar-refractivity contribution >= 4 is 17.2 Å². The van der Waals surface area contributed by atoms with Crippen LogP contribution >= 0.6 is 11.3 Å². The molecule has 2 fully saturated rings. The molecule has 0 unspecified atom stereocenters. The first-order chi connectivity index (χ1) is 10.8. The zero-order chi connectivity index (χ0) is 15.4. The molecular formula is C16H24N2O3S. The topological polar surface area (TPSA) is 50.8 Å². The van der Waals surface area contributed by atoms with E-state index in [2.05, 4.69) is 10.2 Å². The van der Waals surface area contributed by atoms with Crippen LogP contribution < -0.4 is 5.32 Å². The summed E-state index contributed by atoms with van der Waals surface area (Å²) in [5.41, 5.74) is 0. The first kappa shape index (κ1) is 15.9. The van der Waals surface area contributed by atoms with E-state index >= 15 is 0 Å². The zero-order valence-electron chi connectivity index (χ0n) is 13.0. The Bertz CT molecular complexity index is 480. The van der Waals surface area contributed by atoms with Crippen LogP contribution in [0.3, 0.4) is 0 Å². The number of fused-ring (bicyclic) bond motifs is 1. The molecule has 3 rings (SSSR count). The number of nitrogens with one attached hydrogen (secondary N) is 1. The lowest BCUT2D eigenvalue weighted by Crippen LogP contribution is -2.30. The highest BCUT2D eigenvalue weighted by Crippen LogP contribution is 2.35. The van der Waals surface area contributed by atoms with Gasteiger partial charge in [0.05, 0.1) is 25.9 Å². The number of nitrogens with zero attached hydrogens (tertiary/aromatic N) is 1. The van der Waals surface area contributed by atoms with Crippen molar-refractivity contribution in [3.63, 3.8) is 0 Å². The van der Waals surface area contributed by atoms with Crippen LogP contribution in [0, 0.1) is 11.8 Å². The second-order valence-electron chi connectivity index (χ2n) is 6.11. The zero-order valence-corrected chi connectivity index (χ0v) is 13.8. The molecule has 22 heavy (non-hydrogen) atoms. The van der Waals surface area contributed by atoms with E-state index in [9.17, 15) is 4.79 Å². The quantitative estimate of drug-likeness (QED) is 0.822. The predicted octanol–water partition coefficient (Wildman–Crippen LogP) is 1.35. The highest BCUT2D eigenvalue weighted by Gasteiger charge is 2.44. The summed E-state index contributed by atoms with van der Waals surface area (Å²) in [6.45, 7) is 5.06. The summed E-state index contributed by atoms with van der Waals surface area (Å²) in [5.74, 6) is 0.975. The molecule has 0 aromatic carbocycles. The molecule has 0 saturated carbocycles. The number of hydrogen-bond donors (Lipinski definition) is 1. The molecule has 0 spiro atoms. The molecule has 6 heteroatoms. The highest BCUT2D eigenvalue weighted by atomic mass is 32.1. The van der Waals surface area contributed by atoms with Crippen molar-refractivity contribution in [2.75, 3.05) is 40.0 Å². The van der Waals surface area contributed by atoms with E-state index in [1.807, 2.05) is 17.5 Å². The van der Waals surface area contributed by atoms with Gasteiger partial charge in [-0.15, -0.1) is 11.3 Å². The summed E-state index contributed by atoms with van der Waals surface area (Å²) in [6, 6.07) is 4.05. The average Bonchev–Trinajstić information content (AvgIpc) is 3.21.